The minimum absolute atomic E-state index is 0.105. The average molecular weight is 299 g/mol. The zero-order valence-corrected chi connectivity index (χ0v) is 12.4. The van der Waals surface area contributed by atoms with E-state index in [2.05, 4.69) is 0 Å². The highest BCUT2D eigenvalue weighted by atomic mass is 32.3. The summed E-state index contributed by atoms with van der Waals surface area (Å²) in [6.45, 7) is 4.72. The summed E-state index contributed by atoms with van der Waals surface area (Å²) in [4.78, 5) is 13.5. The number of benzene rings is 1. The lowest BCUT2D eigenvalue weighted by Crippen LogP contribution is -2.25. The van der Waals surface area contributed by atoms with Crippen LogP contribution in [0.1, 0.15) is 23.1 Å². The van der Waals surface area contributed by atoms with Gasteiger partial charge in [-0.15, -0.1) is 3.89 Å². The van der Waals surface area contributed by atoms with Gasteiger partial charge in [0.25, 0.3) is 0 Å². The Balaban J connectivity index is 2.05. The van der Waals surface area contributed by atoms with E-state index in [1.807, 2.05) is 32.0 Å². The monoisotopic (exact) mass is 299 g/mol. The molecule has 2 rings (SSSR count). The fraction of sp³-hybridized carbons (Fsp3) is 0.500. The molecule has 0 spiro atoms. The number of hydrogen-bond donors (Lipinski definition) is 0. The maximum Gasteiger partial charge on any atom is 0.302 e. The first-order chi connectivity index (χ1) is 9.23. The predicted molar refractivity (Wildman–Crippen MR) is 74.3 cm³/mol. The number of carbonyl (C=O) groups is 1. The number of aryl methyl sites for hydroxylation is 2. The van der Waals surface area contributed by atoms with E-state index in [0.29, 0.717) is 13.1 Å². The number of carbonyl (C=O) groups excluding carboxylic acids is 1. The van der Waals surface area contributed by atoms with E-state index in [9.17, 15) is 17.1 Å². The van der Waals surface area contributed by atoms with Crippen molar-refractivity contribution < 1.29 is 17.1 Å². The summed E-state index contributed by atoms with van der Waals surface area (Å²) in [6.07, 6.45) is 0.105. The Morgan fingerprint density at radius 3 is 2.40 bits per heavy atom. The third-order valence-electron chi connectivity index (χ3n) is 3.38. The van der Waals surface area contributed by atoms with Crippen molar-refractivity contribution in [2.45, 2.75) is 26.8 Å². The van der Waals surface area contributed by atoms with Gasteiger partial charge in [-0.05, 0) is 19.4 Å². The molecule has 1 amide bonds. The summed E-state index contributed by atoms with van der Waals surface area (Å²) in [5.41, 5.74) is 3.25. The van der Waals surface area contributed by atoms with Crippen LogP contribution in [0.2, 0.25) is 0 Å². The maximum absolute atomic E-state index is 12.7. The Bertz CT molecular complexity index is 607. The van der Waals surface area contributed by atoms with Crippen molar-refractivity contribution in [3.63, 3.8) is 0 Å². The van der Waals surface area contributed by atoms with Crippen LogP contribution in [0.15, 0.2) is 18.2 Å². The van der Waals surface area contributed by atoms with Crippen LogP contribution < -0.4 is 0 Å². The van der Waals surface area contributed by atoms with E-state index >= 15 is 0 Å². The lowest BCUT2D eigenvalue weighted by molar-refractivity contribution is -0.128. The number of halogens is 1. The smallest absolute Gasteiger partial charge is 0.302 e. The molecule has 0 aromatic heterocycles. The molecule has 0 radical (unpaired) electrons. The van der Waals surface area contributed by atoms with Crippen molar-refractivity contribution in [1.29, 1.82) is 0 Å². The SMILES string of the molecule is Cc1cc(C)cc(CN2CC(CS(=O)(=O)F)CC2=O)c1. The molecule has 0 saturated carbocycles. The number of nitrogens with zero attached hydrogens (tertiary/aromatic N) is 1. The van der Waals surface area contributed by atoms with Gasteiger partial charge < -0.3 is 4.90 Å². The Kier molecular flexibility index (Phi) is 4.13. The lowest BCUT2D eigenvalue weighted by atomic mass is 10.1. The first-order valence-electron chi connectivity index (χ1n) is 6.50. The van der Waals surface area contributed by atoms with Gasteiger partial charge in [0.15, 0.2) is 0 Å². The predicted octanol–water partition coefficient (Wildman–Crippen LogP) is 1.95. The first kappa shape index (κ1) is 15.0. The van der Waals surface area contributed by atoms with Gasteiger partial charge in [0, 0.05) is 25.4 Å². The van der Waals surface area contributed by atoms with Crippen LogP contribution in [0.25, 0.3) is 0 Å². The highest BCUT2D eigenvalue weighted by Crippen LogP contribution is 2.22. The van der Waals surface area contributed by atoms with Crippen LogP contribution in [0, 0.1) is 19.8 Å². The Labute approximate surface area is 118 Å². The van der Waals surface area contributed by atoms with Gasteiger partial charge in [-0.1, -0.05) is 29.3 Å². The van der Waals surface area contributed by atoms with Crippen LogP contribution >= 0.6 is 0 Å². The molecule has 1 heterocycles. The zero-order chi connectivity index (χ0) is 14.9. The van der Waals surface area contributed by atoms with E-state index in [0.717, 1.165) is 16.7 Å². The summed E-state index contributed by atoms with van der Waals surface area (Å²) >= 11 is 0. The van der Waals surface area contributed by atoms with Crippen molar-refractivity contribution in [3.8, 4) is 0 Å². The van der Waals surface area contributed by atoms with Gasteiger partial charge in [0.1, 0.15) is 0 Å². The highest BCUT2D eigenvalue weighted by Gasteiger charge is 2.32. The van der Waals surface area contributed by atoms with Crippen molar-refractivity contribution in [3.05, 3.63) is 34.9 Å². The first-order valence-corrected chi connectivity index (χ1v) is 8.05. The van der Waals surface area contributed by atoms with Gasteiger partial charge in [0.2, 0.25) is 5.91 Å². The number of hydrogen-bond acceptors (Lipinski definition) is 3. The summed E-state index contributed by atoms with van der Waals surface area (Å²) in [7, 11) is -4.52. The van der Waals surface area contributed by atoms with Gasteiger partial charge in [-0.2, -0.15) is 8.42 Å². The summed E-state index contributed by atoms with van der Waals surface area (Å²) in [5.74, 6) is -1.12. The van der Waals surface area contributed by atoms with Gasteiger partial charge in [-0.25, -0.2) is 0 Å². The molecule has 6 heteroatoms. The standard InChI is InChI=1S/C14H18FNO3S/c1-10-3-11(2)5-12(4-10)7-16-8-13(6-14(16)17)9-20(15,18)19/h3-5,13H,6-9H2,1-2H3. The topological polar surface area (TPSA) is 54.5 Å². The van der Waals surface area contributed by atoms with Crippen molar-refractivity contribution >= 4 is 16.1 Å². The van der Waals surface area contributed by atoms with E-state index in [1.165, 1.54) is 0 Å². The number of rotatable bonds is 4. The molecule has 0 aliphatic carbocycles. The maximum atomic E-state index is 12.7. The Hall–Kier alpha value is -1.43. The molecule has 1 fully saturated rings. The van der Waals surface area contributed by atoms with Gasteiger partial charge >= 0.3 is 10.2 Å². The molecular weight excluding hydrogens is 281 g/mol. The van der Waals surface area contributed by atoms with Crippen LogP contribution in [0.3, 0.4) is 0 Å². The van der Waals surface area contributed by atoms with Crippen LogP contribution in [0.5, 0.6) is 0 Å². The van der Waals surface area contributed by atoms with Crippen LogP contribution in [0.4, 0.5) is 3.89 Å². The second-order valence-corrected chi connectivity index (χ2v) is 6.96. The third kappa shape index (κ3) is 4.03. The lowest BCUT2D eigenvalue weighted by Gasteiger charge is -2.17. The van der Waals surface area contributed by atoms with Gasteiger partial charge in [0.05, 0.1) is 5.75 Å². The van der Waals surface area contributed by atoms with E-state index in [4.69, 9.17) is 0 Å². The van der Waals surface area contributed by atoms with Crippen molar-refractivity contribution in [1.82, 2.24) is 4.90 Å². The molecule has 1 saturated heterocycles. The Morgan fingerprint density at radius 2 is 1.85 bits per heavy atom. The normalized spacial score (nSPS) is 19.6. The Morgan fingerprint density at radius 1 is 1.25 bits per heavy atom. The molecule has 20 heavy (non-hydrogen) atoms. The molecule has 1 aliphatic rings. The molecule has 0 bridgehead atoms. The quantitative estimate of drug-likeness (QED) is 0.799. The molecular formula is C14H18FNO3S. The largest absolute Gasteiger partial charge is 0.338 e. The fourth-order valence-electron chi connectivity index (χ4n) is 2.78. The molecule has 1 atom stereocenters. The summed E-state index contributed by atoms with van der Waals surface area (Å²) < 4.78 is 34.0. The molecule has 110 valence electrons. The minimum Gasteiger partial charge on any atom is -0.338 e. The number of amides is 1. The average Bonchev–Trinajstić information content (AvgIpc) is 2.54. The van der Waals surface area contributed by atoms with Crippen LogP contribution in [-0.2, 0) is 21.6 Å². The molecule has 1 unspecified atom stereocenters. The highest BCUT2D eigenvalue weighted by molar-refractivity contribution is 7.86. The third-order valence-corrected chi connectivity index (χ3v) is 4.25. The fourth-order valence-corrected chi connectivity index (χ4v) is 3.57. The molecule has 4 nitrogen and oxygen atoms in total. The molecule has 1 aromatic carbocycles. The van der Waals surface area contributed by atoms with Crippen LogP contribution in [-0.4, -0.2) is 31.5 Å². The molecule has 1 aliphatic heterocycles. The van der Waals surface area contributed by atoms with E-state index in [-0.39, 0.29) is 12.3 Å². The number of likely N-dealkylation sites (tertiary alicyclic amines) is 1. The van der Waals surface area contributed by atoms with E-state index in [1.54, 1.807) is 4.90 Å². The minimum atomic E-state index is -4.52. The van der Waals surface area contributed by atoms with Crippen molar-refractivity contribution in [2.24, 2.45) is 5.92 Å². The zero-order valence-electron chi connectivity index (χ0n) is 11.6. The second kappa shape index (κ2) is 5.52. The molecule has 1 aromatic rings. The summed E-state index contributed by atoms with van der Waals surface area (Å²) in [6, 6.07) is 6.05. The second-order valence-electron chi connectivity index (χ2n) is 5.55. The summed E-state index contributed by atoms with van der Waals surface area (Å²) in [5, 5.41) is 0. The molecule has 0 N–H and O–H groups in total. The van der Waals surface area contributed by atoms with Crippen molar-refractivity contribution in [2.75, 3.05) is 12.3 Å². The van der Waals surface area contributed by atoms with E-state index < -0.39 is 21.9 Å². The van der Waals surface area contributed by atoms with Gasteiger partial charge in [-0.3, -0.25) is 4.79 Å².